The SMILES string of the molecule is C.Clc1ccc(-c2c3c(c(Br)c4ccccc24)Oc2ccccc2O3)cc1.[B].c1ccc2c(c1)Oc1c(c(N(c3ccncc3)c3ccc4c(c3)sc3ccccc34)c3ccccc3c1-c1ccc(N(c3ccncc3)c3ccc4c(c3)sc3ccccc34)cc1)O2.c1ccc2c(c1)sc1cc(Nc3ccncc3)ccc12. The maximum Gasteiger partial charge on any atom is 0.195 e. The summed E-state index contributed by atoms with van der Waals surface area (Å²) in [6, 6.07) is 107. The minimum atomic E-state index is 0. The van der Waals surface area contributed by atoms with Crippen LogP contribution in [-0.2, 0) is 0 Å². The van der Waals surface area contributed by atoms with Gasteiger partial charge in [-0.05, 0) is 177 Å². The molecule has 10 nitrogen and oxygen atoms in total. The number of hydrogen-bond acceptors (Lipinski definition) is 13. The molecule has 0 saturated heterocycles. The van der Waals surface area contributed by atoms with Gasteiger partial charge in [0.1, 0.15) is 5.69 Å². The van der Waals surface area contributed by atoms with E-state index < -0.39 is 0 Å². The molecule has 8 heterocycles. The molecule has 0 bridgehead atoms. The molecule has 2 aliphatic heterocycles. The number of rotatable bonds is 10. The molecule has 6 aromatic heterocycles. The largest absolute Gasteiger partial charge is 0.449 e. The Morgan fingerprint density at radius 1 is 0.295 bits per heavy atom. The molecule has 1 N–H and O–H groups in total. The molecule has 2 aliphatic rings. The number of para-hydroxylation sites is 4. The van der Waals surface area contributed by atoms with Crippen molar-refractivity contribution in [3.05, 3.63) is 356 Å². The van der Waals surface area contributed by atoms with Gasteiger partial charge in [-0.2, -0.15) is 0 Å². The fraction of sp³-hybridized carbons (Fsp3) is 0.0104. The lowest BCUT2D eigenvalue weighted by Gasteiger charge is -2.33. The summed E-state index contributed by atoms with van der Waals surface area (Å²) in [5, 5.41) is 16.0. The van der Waals surface area contributed by atoms with Crippen molar-refractivity contribution in [1.82, 2.24) is 15.0 Å². The van der Waals surface area contributed by atoms with Gasteiger partial charge in [-0.15, -0.1) is 34.0 Å². The highest BCUT2D eigenvalue weighted by atomic mass is 79.9. The second-order valence-corrected chi connectivity index (χ2v) is 31.0. The Morgan fingerprint density at radius 3 is 1.15 bits per heavy atom. The van der Waals surface area contributed by atoms with Gasteiger partial charge in [0.05, 0.1) is 4.47 Å². The maximum atomic E-state index is 7.08. The van der Waals surface area contributed by atoms with E-state index in [0.717, 1.165) is 93.8 Å². The van der Waals surface area contributed by atoms with Crippen LogP contribution in [0.3, 0.4) is 0 Å². The summed E-state index contributed by atoms with van der Waals surface area (Å²) in [5.41, 5.74) is 12.1. The van der Waals surface area contributed by atoms with Gasteiger partial charge in [0.15, 0.2) is 46.0 Å². The van der Waals surface area contributed by atoms with Crippen molar-refractivity contribution >= 4 is 198 Å². The third kappa shape index (κ3) is 13.0. The highest BCUT2D eigenvalue weighted by Crippen LogP contribution is 2.61. The molecule has 0 amide bonds. The van der Waals surface area contributed by atoms with Crippen molar-refractivity contribution < 1.29 is 18.9 Å². The molecule has 22 rings (SSSR count). The third-order valence-electron chi connectivity index (χ3n) is 19.9. The van der Waals surface area contributed by atoms with Crippen LogP contribution in [0.2, 0.25) is 5.02 Å². The lowest BCUT2D eigenvalue weighted by atomic mass is 9.93. The normalized spacial score (nSPS) is 11.6. The van der Waals surface area contributed by atoms with Crippen LogP contribution in [0.1, 0.15) is 7.43 Å². The van der Waals surface area contributed by atoms with Crippen molar-refractivity contribution in [2.24, 2.45) is 0 Å². The van der Waals surface area contributed by atoms with Gasteiger partial charge in [0.2, 0.25) is 0 Å². The van der Waals surface area contributed by atoms with Crippen LogP contribution in [0.5, 0.6) is 46.0 Å². The number of thiophene rings is 3. The zero-order chi connectivity index (χ0) is 73.2. The van der Waals surface area contributed by atoms with Crippen LogP contribution < -0.4 is 34.1 Å². The minimum Gasteiger partial charge on any atom is -0.449 e. The van der Waals surface area contributed by atoms with Crippen LogP contribution in [0.4, 0.5) is 45.5 Å². The van der Waals surface area contributed by atoms with E-state index in [1.807, 2.05) is 157 Å². The quantitative estimate of drug-likeness (QED) is 0.133. The molecule has 20 aromatic rings. The van der Waals surface area contributed by atoms with E-state index >= 15 is 0 Å². The summed E-state index contributed by atoms with van der Waals surface area (Å²) in [5.74, 6) is 5.42. The molecule has 0 atom stereocenters. The Balaban J connectivity index is 0.000000148. The minimum absolute atomic E-state index is 0. The molecule has 0 spiro atoms. The van der Waals surface area contributed by atoms with Gasteiger partial charge < -0.3 is 34.1 Å². The predicted octanol–water partition coefficient (Wildman–Crippen LogP) is 30.1. The van der Waals surface area contributed by atoms with E-state index in [1.165, 1.54) is 60.5 Å². The zero-order valence-corrected chi connectivity index (χ0v) is 63.6. The number of nitrogens with zero attached hydrogens (tertiary/aromatic N) is 5. The van der Waals surface area contributed by atoms with E-state index in [9.17, 15) is 0 Å². The van der Waals surface area contributed by atoms with Gasteiger partial charge >= 0.3 is 0 Å². The summed E-state index contributed by atoms with van der Waals surface area (Å²) in [4.78, 5) is 17.4. The Hall–Kier alpha value is -12.9. The van der Waals surface area contributed by atoms with Crippen LogP contribution in [0, 0.1) is 0 Å². The number of ether oxygens (including phenoxy) is 4. The average molecular weight is 1590 g/mol. The second-order valence-electron chi connectivity index (χ2n) is 26.5. The molecule has 0 saturated carbocycles. The van der Waals surface area contributed by atoms with E-state index in [-0.39, 0.29) is 15.8 Å². The number of hydrogen-bond donors (Lipinski definition) is 1. The van der Waals surface area contributed by atoms with Gasteiger partial charge in [-0.25, -0.2) is 0 Å². The fourth-order valence-corrected chi connectivity index (χ4v) is 19.1. The maximum absolute atomic E-state index is 7.08. The fourth-order valence-electron chi connectivity index (χ4n) is 14.9. The molecule has 0 aliphatic carbocycles. The Morgan fingerprint density at radius 2 is 0.643 bits per heavy atom. The van der Waals surface area contributed by atoms with Gasteiger partial charge in [0.25, 0.3) is 0 Å². The first kappa shape index (κ1) is 70.8. The Bertz CT molecular complexity index is 6960. The number of halogens is 2. The number of anilines is 8. The summed E-state index contributed by atoms with van der Waals surface area (Å²) in [6.07, 6.45) is 11.0. The van der Waals surface area contributed by atoms with Crippen molar-refractivity contribution in [2.75, 3.05) is 15.1 Å². The molecule has 0 fully saturated rings. The molecule has 112 heavy (non-hydrogen) atoms. The van der Waals surface area contributed by atoms with Crippen molar-refractivity contribution in [2.45, 2.75) is 7.43 Å². The van der Waals surface area contributed by atoms with Gasteiger partial charge in [-0.3, -0.25) is 15.0 Å². The number of aromatic nitrogens is 3. The van der Waals surface area contributed by atoms with E-state index in [1.54, 1.807) is 23.7 Å². The summed E-state index contributed by atoms with van der Waals surface area (Å²) in [6.45, 7) is 0. The molecule has 3 radical (unpaired) electrons. The number of pyridine rings is 3. The highest BCUT2D eigenvalue weighted by molar-refractivity contribution is 9.10. The monoisotopic (exact) mass is 1580 g/mol. The van der Waals surface area contributed by atoms with Crippen LogP contribution in [-0.4, -0.2) is 23.4 Å². The highest BCUT2D eigenvalue weighted by Gasteiger charge is 2.34. The average Bonchev–Trinajstić information content (AvgIpc) is 0.881. The molecule has 535 valence electrons. The zero-order valence-electron chi connectivity index (χ0n) is 58.8. The predicted molar refractivity (Wildman–Crippen MR) is 475 cm³/mol. The van der Waals surface area contributed by atoms with Crippen molar-refractivity contribution in [3.63, 3.8) is 0 Å². The van der Waals surface area contributed by atoms with E-state index in [4.69, 9.17) is 30.5 Å². The Labute approximate surface area is 672 Å². The number of nitrogens with one attached hydrogen (secondary N) is 1. The second kappa shape index (κ2) is 30.2. The molecular formula is C96H62BBrClN6O4S3. The summed E-state index contributed by atoms with van der Waals surface area (Å²) in [7, 11) is 0. The number of fused-ring (bicyclic) bond motifs is 15. The Kier molecular flexibility index (Phi) is 19.1. The molecular weight excluding hydrogens is 1520 g/mol. The first-order valence-electron chi connectivity index (χ1n) is 35.8. The van der Waals surface area contributed by atoms with Crippen molar-refractivity contribution in [3.8, 4) is 68.2 Å². The third-order valence-corrected chi connectivity index (χ3v) is 24.4. The van der Waals surface area contributed by atoms with Crippen LogP contribution in [0.15, 0.2) is 351 Å². The molecule has 16 heteroatoms. The van der Waals surface area contributed by atoms with E-state index in [2.05, 4.69) is 246 Å². The lowest BCUT2D eigenvalue weighted by Crippen LogP contribution is -2.14. The van der Waals surface area contributed by atoms with E-state index in [0.29, 0.717) is 51.0 Å². The number of benzene rings is 14. The smallest absolute Gasteiger partial charge is 0.195 e. The standard InChI is InChI=1S/C56H34N4O2S2.C22H12BrClO2.C17H12N2S.CH4.B/c1-2-12-46-45(11-1)53(35-17-19-36(20-18-35)59(37-25-29-57-30-26-37)39-21-23-43-41-9-3-7-15-49(41)63-51(43)33-39)55-56(62-48-14-6-5-13-47(48)61-55)54(46)60(38-27-31-58-32-28-38)40-22-24-44-42-10-4-8-16-50(42)64-52(44)34-40;23-20-16-6-2-1-5-15(16)19(13-9-11-14(24)12-10-13)21-22(20)26-18-8-4-3-7-17(18)25-21;1-2-4-16-14(3-1)15-6-5-13(11-17(15)20-16)19-12-7-9-18-10-8-12;;/h1-34H;1-12H;1-11H,(H,18,19);1H4;. The lowest BCUT2D eigenvalue weighted by molar-refractivity contribution is 0.360. The van der Waals surface area contributed by atoms with Crippen LogP contribution in [0.25, 0.3) is 104 Å². The first-order chi connectivity index (χ1) is 54.3. The van der Waals surface area contributed by atoms with Gasteiger partial charge in [-0.1, -0.05) is 189 Å². The first-order valence-corrected chi connectivity index (χ1v) is 39.4. The topological polar surface area (TPSA) is 94.1 Å². The van der Waals surface area contributed by atoms with Gasteiger partial charge in [0, 0.05) is 173 Å². The molecule has 14 aromatic carbocycles. The van der Waals surface area contributed by atoms with Crippen LogP contribution >= 0.6 is 61.5 Å². The molecule has 0 unspecified atom stereocenters. The van der Waals surface area contributed by atoms with Crippen molar-refractivity contribution in [1.29, 1.82) is 0 Å². The summed E-state index contributed by atoms with van der Waals surface area (Å²) < 4.78 is 35.2. The summed E-state index contributed by atoms with van der Waals surface area (Å²) >= 11 is 15.3.